The molecule has 0 bridgehead atoms. The van der Waals surface area contributed by atoms with Gasteiger partial charge in [0, 0.05) is 24.1 Å². The number of hydrogen-bond acceptors (Lipinski definition) is 3. The van der Waals surface area contributed by atoms with Gasteiger partial charge in [-0.05, 0) is 19.4 Å². The number of hydrogen-bond donors (Lipinski definition) is 0. The third-order valence-electron chi connectivity index (χ3n) is 2.46. The summed E-state index contributed by atoms with van der Waals surface area (Å²) in [5.74, 6) is 0. The molecule has 0 amide bonds. The van der Waals surface area contributed by atoms with Crippen LogP contribution in [0.3, 0.4) is 0 Å². The molecule has 0 fully saturated rings. The lowest BCUT2D eigenvalue weighted by Crippen LogP contribution is -1.96. The second-order valence-electron chi connectivity index (χ2n) is 3.41. The van der Waals surface area contributed by atoms with Gasteiger partial charge in [-0.1, -0.05) is 0 Å². The van der Waals surface area contributed by atoms with Crippen molar-refractivity contribution in [2.24, 2.45) is 0 Å². The Morgan fingerprint density at radius 3 is 2.87 bits per heavy atom. The van der Waals surface area contributed by atoms with Gasteiger partial charge in [-0.25, -0.2) is 0 Å². The van der Waals surface area contributed by atoms with E-state index >= 15 is 0 Å². The number of aromatic nitrogens is 2. The lowest BCUT2D eigenvalue weighted by Gasteiger charge is -2.00. The first-order chi connectivity index (χ1) is 7.13. The van der Waals surface area contributed by atoms with Gasteiger partial charge >= 0.3 is 0 Å². The summed E-state index contributed by atoms with van der Waals surface area (Å²) in [5.41, 5.74) is 1.83. The molecule has 0 aliphatic heterocycles. The first kappa shape index (κ1) is 9.64. The highest BCUT2D eigenvalue weighted by molar-refractivity contribution is 5.84. The predicted octanol–water partition coefficient (Wildman–Crippen LogP) is 2.27. The summed E-state index contributed by atoms with van der Waals surface area (Å²) in [6.07, 6.45) is 1.75. The summed E-state index contributed by atoms with van der Waals surface area (Å²) in [6, 6.07) is 3.14. The van der Waals surface area contributed by atoms with Crippen LogP contribution in [0.25, 0.3) is 10.9 Å². The van der Waals surface area contributed by atoms with Gasteiger partial charge < -0.3 is 0 Å². The minimum absolute atomic E-state index is 0.121. The van der Waals surface area contributed by atoms with Gasteiger partial charge in [0.1, 0.15) is 0 Å². The van der Waals surface area contributed by atoms with Crippen LogP contribution >= 0.6 is 0 Å². The maximum Gasteiger partial charge on any atom is 0.271 e. The van der Waals surface area contributed by atoms with E-state index in [9.17, 15) is 10.1 Å². The summed E-state index contributed by atoms with van der Waals surface area (Å²) < 4.78 is 1.76. The fraction of sp³-hybridized carbons (Fsp3) is 0.300. The number of nitro groups is 1. The van der Waals surface area contributed by atoms with Gasteiger partial charge in [0.05, 0.1) is 16.6 Å². The summed E-state index contributed by atoms with van der Waals surface area (Å²) in [7, 11) is 0. The highest BCUT2D eigenvalue weighted by Crippen LogP contribution is 2.24. The molecule has 5 nitrogen and oxygen atoms in total. The highest BCUT2D eigenvalue weighted by Gasteiger charge is 2.12. The fourth-order valence-corrected chi connectivity index (χ4v) is 1.69. The van der Waals surface area contributed by atoms with Crippen molar-refractivity contribution < 1.29 is 4.92 Å². The Hall–Kier alpha value is -1.91. The second-order valence-corrected chi connectivity index (χ2v) is 3.41. The van der Waals surface area contributed by atoms with Crippen LogP contribution in [0, 0.1) is 17.0 Å². The number of benzene rings is 1. The van der Waals surface area contributed by atoms with Crippen LogP contribution < -0.4 is 0 Å². The van der Waals surface area contributed by atoms with Crippen molar-refractivity contribution in [2.45, 2.75) is 20.4 Å². The molecule has 2 aromatic rings. The molecular weight excluding hydrogens is 194 g/mol. The van der Waals surface area contributed by atoms with Crippen molar-refractivity contribution in [3.63, 3.8) is 0 Å². The zero-order valence-electron chi connectivity index (χ0n) is 8.60. The monoisotopic (exact) mass is 205 g/mol. The van der Waals surface area contributed by atoms with Gasteiger partial charge in [-0.15, -0.1) is 0 Å². The zero-order chi connectivity index (χ0) is 11.0. The van der Waals surface area contributed by atoms with Crippen LogP contribution in [0.1, 0.15) is 12.5 Å². The van der Waals surface area contributed by atoms with E-state index in [0.717, 1.165) is 16.5 Å². The van der Waals surface area contributed by atoms with Crippen LogP contribution in [0.5, 0.6) is 0 Å². The van der Waals surface area contributed by atoms with Crippen LogP contribution in [0.4, 0.5) is 5.69 Å². The number of non-ortho nitro benzene ring substituents is 1. The molecule has 2 rings (SSSR count). The second kappa shape index (κ2) is 3.34. The molecular formula is C10H11N3O2. The van der Waals surface area contributed by atoms with E-state index in [4.69, 9.17) is 0 Å². The third kappa shape index (κ3) is 1.45. The van der Waals surface area contributed by atoms with E-state index in [1.807, 2.05) is 13.8 Å². The summed E-state index contributed by atoms with van der Waals surface area (Å²) in [4.78, 5) is 10.3. The summed E-state index contributed by atoms with van der Waals surface area (Å²) in [5, 5.41) is 15.8. The number of nitrogens with zero attached hydrogens (tertiary/aromatic N) is 3. The molecule has 5 heteroatoms. The fourth-order valence-electron chi connectivity index (χ4n) is 1.69. The Bertz CT molecular complexity index is 531. The smallest absolute Gasteiger partial charge is 0.265 e. The van der Waals surface area contributed by atoms with Crippen LogP contribution in [0.15, 0.2) is 18.3 Å². The number of fused-ring (bicyclic) bond motifs is 1. The van der Waals surface area contributed by atoms with Gasteiger partial charge in [0.15, 0.2) is 0 Å². The molecule has 0 N–H and O–H groups in total. The Morgan fingerprint density at radius 1 is 1.53 bits per heavy atom. The summed E-state index contributed by atoms with van der Waals surface area (Å²) >= 11 is 0. The number of rotatable bonds is 2. The molecule has 1 aromatic heterocycles. The van der Waals surface area contributed by atoms with E-state index in [0.29, 0.717) is 6.54 Å². The number of nitro benzene ring substituents is 1. The molecule has 1 aromatic carbocycles. The molecule has 0 aliphatic carbocycles. The Morgan fingerprint density at radius 2 is 2.27 bits per heavy atom. The average Bonchev–Trinajstić information content (AvgIpc) is 2.60. The molecule has 15 heavy (non-hydrogen) atoms. The lowest BCUT2D eigenvalue weighted by molar-refractivity contribution is -0.384. The van der Waals surface area contributed by atoms with E-state index < -0.39 is 0 Å². The number of aryl methyl sites for hydroxylation is 2. The minimum Gasteiger partial charge on any atom is -0.265 e. The minimum atomic E-state index is -0.376. The average molecular weight is 205 g/mol. The van der Waals surface area contributed by atoms with Crippen molar-refractivity contribution in [3.8, 4) is 0 Å². The highest BCUT2D eigenvalue weighted by atomic mass is 16.6. The largest absolute Gasteiger partial charge is 0.271 e. The van der Waals surface area contributed by atoms with Crippen molar-refractivity contribution in [2.75, 3.05) is 0 Å². The molecule has 0 atom stereocenters. The van der Waals surface area contributed by atoms with Gasteiger partial charge in [-0.3, -0.25) is 14.8 Å². The van der Waals surface area contributed by atoms with Gasteiger partial charge in [-0.2, -0.15) is 5.10 Å². The normalized spacial score (nSPS) is 10.8. The van der Waals surface area contributed by atoms with Crippen molar-refractivity contribution in [1.82, 2.24) is 9.78 Å². The molecule has 0 aliphatic rings. The van der Waals surface area contributed by atoms with Gasteiger partial charge in [0.25, 0.3) is 5.69 Å². The van der Waals surface area contributed by atoms with E-state index in [2.05, 4.69) is 5.10 Å². The molecule has 0 saturated heterocycles. The third-order valence-corrected chi connectivity index (χ3v) is 2.46. The zero-order valence-corrected chi connectivity index (χ0v) is 8.60. The predicted molar refractivity (Wildman–Crippen MR) is 56.8 cm³/mol. The van der Waals surface area contributed by atoms with Gasteiger partial charge in [0.2, 0.25) is 0 Å². The Kier molecular flexibility index (Phi) is 2.15. The maximum atomic E-state index is 10.7. The van der Waals surface area contributed by atoms with E-state index in [1.54, 1.807) is 23.0 Å². The molecule has 0 saturated carbocycles. The van der Waals surface area contributed by atoms with Crippen molar-refractivity contribution in [1.29, 1.82) is 0 Å². The summed E-state index contributed by atoms with van der Waals surface area (Å²) in [6.45, 7) is 4.53. The van der Waals surface area contributed by atoms with Crippen LogP contribution in [-0.2, 0) is 6.54 Å². The first-order valence-electron chi connectivity index (χ1n) is 4.74. The maximum absolute atomic E-state index is 10.7. The first-order valence-corrected chi connectivity index (χ1v) is 4.74. The van der Waals surface area contributed by atoms with Crippen LogP contribution in [-0.4, -0.2) is 14.7 Å². The molecule has 78 valence electrons. The van der Waals surface area contributed by atoms with E-state index in [1.165, 1.54) is 0 Å². The standard InChI is InChI=1S/C10H11N3O2/c1-3-12-10-5-8(13(14)15)4-7(2)9(10)6-11-12/h4-6H,3H2,1-2H3. The van der Waals surface area contributed by atoms with Crippen molar-refractivity contribution >= 4 is 16.6 Å². The molecule has 1 heterocycles. The Labute approximate surface area is 86.5 Å². The van der Waals surface area contributed by atoms with E-state index in [-0.39, 0.29) is 10.6 Å². The Balaban J connectivity index is 2.77. The van der Waals surface area contributed by atoms with Crippen LogP contribution in [0.2, 0.25) is 0 Å². The van der Waals surface area contributed by atoms with Crippen molar-refractivity contribution in [3.05, 3.63) is 34.0 Å². The quantitative estimate of drug-likeness (QED) is 0.558. The molecule has 0 radical (unpaired) electrons. The molecule has 0 spiro atoms. The SMILES string of the molecule is CCn1ncc2c(C)cc([N+](=O)[O-])cc21. The topological polar surface area (TPSA) is 61.0 Å². The molecule has 0 unspecified atom stereocenters. The lowest BCUT2D eigenvalue weighted by atomic mass is 10.1.